The van der Waals surface area contributed by atoms with Crippen LogP contribution in [0.2, 0.25) is 0 Å². The molecule has 0 aliphatic carbocycles. The molecular weight excluding hydrogens is 555 g/mol. The summed E-state index contributed by atoms with van der Waals surface area (Å²) in [4.78, 5) is 9.62. The number of unbranched alkanes of at least 4 members (excludes halogenated alkanes) is 14. The van der Waals surface area contributed by atoms with E-state index in [1.807, 2.05) is 31.4 Å². The molecule has 2 rings (SSSR count). The van der Waals surface area contributed by atoms with Crippen LogP contribution >= 0.6 is 0 Å². The minimum absolute atomic E-state index is 0. The first-order valence-corrected chi connectivity index (χ1v) is 16.5. The van der Waals surface area contributed by atoms with Crippen molar-refractivity contribution in [3.63, 3.8) is 0 Å². The van der Waals surface area contributed by atoms with Gasteiger partial charge in [-0.3, -0.25) is 4.99 Å². The molecule has 232 valence electrons. The van der Waals surface area contributed by atoms with E-state index in [0.717, 1.165) is 29.9 Å². The molecule has 0 amide bonds. The molecular formula is C39H56N2Ni. The molecule has 0 bridgehead atoms. The summed E-state index contributed by atoms with van der Waals surface area (Å²) < 4.78 is 0. The molecule has 0 fully saturated rings. The third-order valence-electron chi connectivity index (χ3n) is 7.25. The van der Waals surface area contributed by atoms with E-state index < -0.39 is 0 Å². The van der Waals surface area contributed by atoms with Gasteiger partial charge in [0.15, 0.2) is 0 Å². The van der Waals surface area contributed by atoms with Crippen molar-refractivity contribution in [2.75, 3.05) is 0 Å². The first kappa shape index (κ1) is 37.5. The van der Waals surface area contributed by atoms with Crippen molar-refractivity contribution < 1.29 is 16.5 Å². The zero-order chi connectivity index (χ0) is 29.2. The molecule has 2 aromatic rings. The van der Waals surface area contributed by atoms with Gasteiger partial charge in [-0.15, -0.1) is 0 Å². The Morgan fingerprint density at radius 3 is 1.62 bits per heavy atom. The minimum Gasteiger partial charge on any atom is -0.255 e. The third kappa shape index (κ3) is 18.8. The molecule has 0 N–H and O–H groups in total. The van der Waals surface area contributed by atoms with E-state index in [2.05, 4.69) is 80.6 Å². The van der Waals surface area contributed by atoms with Crippen LogP contribution < -0.4 is 0 Å². The fourth-order valence-electron chi connectivity index (χ4n) is 4.85. The van der Waals surface area contributed by atoms with Crippen molar-refractivity contribution in [3.05, 3.63) is 84.0 Å². The quantitative estimate of drug-likeness (QED) is 0.0719. The molecule has 2 nitrogen and oxygen atoms in total. The number of benzene rings is 2. The molecule has 0 aliphatic heterocycles. The number of aliphatic imine (C=N–C) groups is 2. The predicted octanol–water partition coefficient (Wildman–Crippen LogP) is 13.0. The van der Waals surface area contributed by atoms with Crippen molar-refractivity contribution in [1.29, 1.82) is 0 Å². The Morgan fingerprint density at radius 2 is 1.10 bits per heavy atom. The third-order valence-corrected chi connectivity index (χ3v) is 7.25. The van der Waals surface area contributed by atoms with Crippen LogP contribution in [0.5, 0.6) is 0 Å². The SMILES string of the molecule is CC=CC(C=Nc1cccc(C=CCCCCCCCCC)c1)=Nc1cccc(C=CCCCCCCCCC)c1.[Ni]. The first-order chi connectivity index (χ1) is 20.2. The van der Waals surface area contributed by atoms with Gasteiger partial charge in [-0.1, -0.05) is 146 Å². The molecule has 0 unspecified atom stereocenters. The average Bonchev–Trinajstić information content (AvgIpc) is 2.99. The molecule has 0 aliphatic rings. The standard InChI is InChI=1S/C39H56N2.Ni/c1-4-7-9-11-13-15-17-19-21-26-35-28-23-30-37(32-35)40-34-39(25-6-3)41-38-31-24-29-36(33-38)27-22-20-18-16-14-12-10-8-5-2;/h6,21-34H,4-5,7-20H2,1-3H3;. The van der Waals surface area contributed by atoms with Crippen LogP contribution in [0, 0.1) is 0 Å². The molecule has 0 aromatic heterocycles. The van der Waals surface area contributed by atoms with E-state index >= 15 is 0 Å². The second kappa shape index (κ2) is 26.1. The molecule has 42 heavy (non-hydrogen) atoms. The fraction of sp³-hybridized carbons (Fsp3) is 0.487. The maximum absolute atomic E-state index is 4.87. The zero-order valence-electron chi connectivity index (χ0n) is 26.7. The average molecular weight is 612 g/mol. The molecule has 0 atom stereocenters. The maximum Gasteiger partial charge on any atom is 0.0816 e. The monoisotopic (exact) mass is 610 g/mol. The zero-order valence-corrected chi connectivity index (χ0v) is 27.7. The molecule has 0 heterocycles. The van der Waals surface area contributed by atoms with Crippen LogP contribution in [-0.2, 0) is 16.5 Å². The van der Waals surface area contributed by atoms with Crippen LogP contribution in [0.25, 0.3) is 12.2 Å². The van der Waals surface area contributed by atoms with Crippen LogP contribution in [-0.4, -0.2) is 11.9 Å². The minimum atomic E-state index is 0. The maximum atomic E-state index is 4.87. The molecule has 0 spiro atoms. The van der Waals surface area contributed by atoms with Gasteiger partial charge < -0.3 is 0 Å². The summed E-state index contributed by atoms with van der Waals surface area (Å²) in [6, 6.07) is 16.9. The van der Waals surface area contributed by atoms with E-state index in [0.29, 0.717) is 0 Å². The van der Waals surface area contributed by atoms with E-state index in [4.69, 9.17) is 9.98 Å². The van der Waals surface area contributed by atoms with Crippen molar-refractivity contribution in [2.24, 2.45) is 9.98 Å². The summed E-state index contributed by atoms with van der Waals surface area (Å²) in [6.45, 7) is 6.57. The van der Waals surface area contributed by atoms with Gasteiger partial charge in [-0.05, 0) is 74.1 Å². The smallest absolute Gasteiger partial charge is 0.0816 e. The summed E-state index contributed by atoms with van der Waals surface area (Å²) in [6.07, 6.45) is 36.2. The van der Waals surface area contributed by atoms with Gasteiger partial charge in [0.05, 0.1) is 23.3 Å². The predicted molar refractivity (Wildman–Crippen MR) is 186 cm³/mol. The Labute approximate surface area is 268 Å². The van der Waals surface area contributed by atoms with Crippen LogP contribution in [0.15, 0.2) is 82.8 Å². The van der Waals surface area contributed by atoms with Crippen molar-refractivity contribution >= 4 is 35.5 Å². The number of nitrogens with zero attached hydrogens (tertiary/aromatic N) is 2. The Bertz CT molecular complexity index is 1090. The Morgan fingerprint density at radius 1 is 0.619 bits per heavy atom. The Kier molecular flexibility index (Phi) is 23.4. The molecule has 0 saturated heterocycles. The fourth-order valence-corrected chi connectivity index (χ4v) is 4.85. The van der Waals surface area contributed by atoms with Gasteiger partial charge in [0.2, 0.25) is 0 Å². The second-order valence-corrected chi connectivity index (χ2v) is 11.1. The van der Waals surface area contributed by atoms with Gasteiger partial charge in [-0.2, -0.15) is 0 Å². The molecule has 2 aromatic carbocycles. The van der Waals surface area contributed by atoms with Crippen molar-refractivity contribution in [2.45, 2.75) is 124 Å². The number of hydrogen-bond acceptors (Lipinski definition) is 2. The molecule has 0 radical (unpaired) electrons. The van der Waals surface area contributed by atoms with Gasteiger partial charge in [0, 0.05) is 16.5 Å². The van der Waals surface area contributed by atoms with E-state index in [1.165, 1.54) is 101 Å². The van der Waals surface area contributed by atoms with Gasteiger partial charge >= 0.3 is 0 Å². The molecule has 3 heteroatoms. The number of hydrogen-bond donors (Lipinski definition) is 0. The summed E-state index contributed by atoms with van der Waals surface area (Å²) >= 11 is 0. The number of allylic oxidation sites excluding steroid dienone is 4. The van der Waals surface area contributed by atoms with E-state index in [-0.39, 0.29) is 16.5 Å². The second-order valence-electron chi connectivity index (χ2n) is 11.1. The van der Waals surface area contributed by atoms with E-state index in [1.54, 1.807) is 0 Å². The summed E-state index contributed by atoms with van der Waals surface area (Å²) in [5, 5.41) is 0. The van der Waals surface area contributed by atoms with Gasteiger partial charge in [0.1, 0.15) is 0 Å². The van der Waals surface area contributed by atoms with Crippen molar-refractivity contribution in [1.82, 2.24) is 0 Å². The molecule has 0 saturated carbocycles. The van der Waals surface area contributed by atoms with Crippen LogP contribution in [0.1, 0.15) is 135 Å². The van der Waals surface area contributed by atoms with Crippen LogP contribution in [0.3, 0.4) is 0 Å². The summed E-state index contributed by atoms with van der Waals surface area (Å²) in [7, 11) is 0. The van der Waals surface area contributed by atoms with E-state index in [9.17, 15) is 0 Å². The normalized spacial score (nSPS) is 12.3. The Balaban J connectivity index is 0.00000882. The Hall–Kier alpha value is -2.51. The number of rotatable bonds is 22. The van der Waals surface area contributed by atoms with Gasteiger partial charge in [-0.25, -0.2) is 4.99 Å². The first-order valence-electron chi connectivity index (χ1n) is 16.5. The van der Waals surface area contributed by atoms with Crippen LogP contribution in [0.4, 0.5) is 11.4 Å². The van der Waals surface area contributed by atoms with Gasteiger partial charge in [0.25, 0.3) is 0 Å². The largest absolute Gasteiger partial charge is 0.255 e. The summed E-state index contributed by atoms with van der Waals surface area (Å²) in [5.74, 6) is 0. The van der Waals surface area contributed by atoms with Crippen molar-refractivity contribution in [3.8, 4) is 0 Å². The topological polar surface area (TPSA) is 24.7 Å². The summed E-state index contributed by atoms with van der Waals surface area (Å²) in [5.41, 5.74) is 5.13.